The molecule has 1 fully saturated rings. The Kier molecular flexibility index (Phi) is 6.56. The third kappa shape index (κ3) is 4.41. The van der Waals surface area contributed by atoms with Gasteiger partial charge in [0.1, 0.15) is 17.6 Å². The largest absolute Gasteiger partial charge is 0.469 e. The van der Waals surface area contributed by atoms with E-state index in [4.69, 9.17) is 16.0 Å². The number of amides is 3. The van der Waals surface area contributed by atoms with E-state index in [-0.39, 0.29) is 17.9 Å². The molecule has 0 aliphatic carbocycles. The van der Waals surface area contributed by atoms with Gasteiger partial charge in [-0.2, -0.15) is 0 Å². The van der Waals surface area contributed by atoms with Crippen molar-refractivity contribution in [2.75, 3.05) is 10.2 Å². The summed E-state index contributed by atoms with van der Waals surface area (Å²) in [7, 11) is 0. The van der Waals surface area contributed by atoms with Crippen LogP contribution >= 0.6 is 34.7 Å². The van der Waals surface area contributed by atoms with Crippen molar-refractivity contribution in [1.29, 1.82) is 0 Å². The van der Waals surface area contributed by atoms with Crippen molar-refractivity contribution in [3.05, 3.63) is 102 Å². The fourth-order valence-corrected chi connectivity index (χ4v) is 7.76. The standard InChI is InChI=1S/C26H17ClN4O7S2/c27-13-3-5-14(6-4-13)28-18(32)12-29-25-22(40-26(29)35)19(17-2-1-11-38-17)20-21(39-25)24(34)30(23(20)33)15-7-9-16(10-8-15)31(36)37/h1-11,19-21H,12H2,(H,28,32). The number of thiazole rings is 1. The molecule has 3 atom stereocenters. The maximum Gasteiger partial charge on any atom is 0.308 e. The van der Waals surface area contributed by atoms with E-state index in [9.17, 15) is 29.3 Å². The van der Waals surface area contributed by atoms with Gasteiger partial charge in [-0.15, -0.1) is 0 Å². The number of nitro groups is 1. The molecule has 1 saturated heterocycles. The van der Waals surface area contributed by atoms with E-state index in [2.05, 4.69) is 5.32 Å². The number of anilines is 2. The fraction of sp³-hybridized carbons (Fsp3) is 0.154. The number of nitrogens with zero attached hydrogens (tertiary/aromatic N) is 3. The van der Waals surface area contributed by atoms with Gasteiger partial charge in [-0.3, -0.25) is 33.9 Å². The summed E-state index contributed by atoms with van der Waals surface area (Å²) >= 11 is 7.86. The van der Waals surface area contributed by atoms with Gasteiger partial charge in [0.05, 0.1) is 38.6 Å². The topological polar surface area (TPSA) is 145 Å². The van der Waals surface area contributed by atoms with E-state index >= 15 is 0 Å². The van der Waals surface area contributed by atoms with Gasteiger partial charge < -0.3 is 9.73 Å². The zero-order chi connectivity index (χ0) is 28.1. The van der Waals surface area contributed by atoms with Crippen LogP contribution in [0.1, 0.15) is 16.6 Å². The summed E-state index contributed by atoms with van der Waals surface area (Å²) in [5.74, 6) is -2.70. The molecule has 0 bridgehead atoms. The minimum absolute atomic E-state index is 0.175. The van der Waals surface area contributed by atoms with Crippen molar-refractivity contribution in [1.82, 2.24) is 4.57 Å². The number of rotatable bonds is 6. The molecule has 6 rings (SSSR count). The molecule has 11 nitrogen and oxygen atoms in total. The highest BCUT2D eigenvalue weighted by molar-refractivity contribution is 8.00. The minimum atomic E-state index is -0.912. The van der Waals surface area contributed by atoms with Crippen molar-refractivity contribution < 1.29 is 23.7 Å². The van der Waals surface area contributed by atoms with Crippen molar-refractivity contribution in [2.24, 2.45) is 5.92 Å². The van der Waals surface area contributed by atoms with Gasteiger partial charge in [0.2, 0.25) is 17.7 Å². The summed E-state index contributed by atoms with van der Waals surface area (Å²) in [6.07, 6.45) is 1.44. The van der Waals surface area contributed by atoms with E-state index in [1.807, 2.05) is 0 Å². The molecule has 1 N–H and O–H groups in total. The normalized spacial score (nSPS) is 19.8. The molecule has 0 saturated carbocycles. The predicted octanol–water partition coefficient (Wildman–Crippen LogP) is 4.50. The molecule has 3 amide bonds. The van der Waals surface area contributed by atoms with Crippen LogP contribution < -0.4 is 15.1 Å². The van der Waals surface area contributed by atoms with Crippen LogP contribution in [0.4, 0.5) is 17.1 Å². The maximum absolute atomic E-state index is 13.7. The number of imide groups is 1. The van der Waals surface area contributed by atoms with Crippen LogP contribution in [-0.2, 0) is 20.9 Å². The Morgan fingerprint density at radius 2 is 1.77 bits per heavy atom. The first-order chi connectivity index (χ1) is 19.2. The molecule has 4 aromatic rings. The van der Waals surface area contributed by atoms with Crippen LogP contribution in [0.3, 0.4) is 0 Å². The molecule has 2 aromatic carbocycles. The second-order valence-corrected chi connectivity index (χ2v) is 11.6. The lowest BCUT2D eigenvalue weighted by molar-refractivity contribution is -0.384. The summed E-state index contributed by atoms with van der Waals surface area (Å²) < 4.78 is 6.96. The molecular weight excluding hydrogens is 580 g/mol. The number of non-ortho nitro benzene ring substituents is 1. The number of carbonyl (C=O) groups excluding carboxylic acids is 3. The van der Waals surface area contributed by atoms with Crippen LogP contribution in [0.25, 0.3) is 0 Å². The lowest BCUT2D eigenvalue weighted by Gasteiger charge is -2.29. The monoisotopic (exact) mass is 596 g/mol. The van der Waals surface area contributed by atoms with Crippen molar-refractivity contribution in [3.63, 3.8) is 0 Å². The smallest absolute Gasteiger partial charge is 0.308 e. The lowest BCUT2D eigenvalue weighted by atomic mass is 9.87. The van der Waals surface area contributed by atoms with Crippen LogP contribution in [0.5, 0.6) is 0 Å². The van der Waals surface area contributed by atoms with Gasteiger partial charge in [-0.25, -0.2) is 4.90 Å². The lowest BCUT2D eigenvalue weighted by Crippen LogP contribution is -2.32. The van der Waals surface area contributed by atoms with Gasteiger partial charge in [0.25, 0.3) is 5.69 Å². The van der Waals surface area contributed by atoms with Crippen LogP contribution in [0.2, 0.25) is 5.02 Å². The second-order valence-electron chi connectivity index (χ2n) is 9.02. The zero-order valence-electron chi connectivity index (χ0n) is 20.2. The number of aromatic nitrogens is 1. The number of hydrogen-bond donors (Lipinski definition) is 1. The first-order valence-corrected chi connectivity index (χ1v) is 13.9. The number of hydrogen-bond acceptors (Lipinski definition) is 9. The molecule has 14 heteroatoms. The first-order valence-electron chi connectivity index (χ1n) is 11.8. The third-order valence-electron chi connectivity index (χ3n) is 6.65. The quantitative estimate of drug-likeness (QED) is 0.195. The molecule has 2 aliphatic heterocycles. The van der Waals surface area contributed by atoms with E-state index in [0.717, 1.165) is 28.0 Å². The number of thioether (sulfide) groups is 1. The van der Waals surface area contributed by atoms with Gasteiger partial charge in [-0.05, 0) is 48.5 Å². The summed E-state index contributed by atoms with van der Waals surface area (Å²) in [5.41, 5.74) is 0.533. The maximum atomic E-state index is 13.7. The van der Waals surface area contributed by atoms with Gasteiger partial charge in [-0.1, -0.05) is 34.7 Å². The molecule has 40 heavy (non-hydrogen) atoms. The van der Waals surface area contributed by atoms with E-state index in [1.54, 1.807) is 36.4 Å². The van der Waals surface area contributed by atoms with E-state index < -0.39 is 44.6 Å². The molecule has 202 valence electrons. The first kappa shape index (κ1) is 26.0. The van der Waals surface area contributed by atoms with Crippen molar-refractivity contribution in [2.45, 2.75) is 22.7 Å². The molecule has 2 aromatic heterocycles. The predicted molar refractivity (Wildman–Crippen MR) is 148 cm³/mol. The Labute approximate surface area is 238 Å². The summed E-state index contributed by atoms with van der Waals surface area (Å²) in [5, 5.41) is 13.8. The molecule has 3 unspecified atom stereocenters. The zero-order valence-corrected chi connectivity index (χ0v) is 22.6. The highest BCUT2D eigenvalue weighted by Gasteiger charge is 2.57. The van der Waals surface area contributed by atoms with Crippen LogP contribution in [-0.4, -0.2) is 32.5 Å². The Hall–Kier alpha value is -4.20. The van der Waals surface area contributed by atoms with Gasteiger partial charge in [0, 0.05) is 22.8 Å². The number of nitro benzene ring substituents is 1. The summed E-state index contributed by atoms with van der Waals surface area (Å²) in [6, 6.07) is 15.0. The fourth-order valence-electron chi connectivity index (χ4n) is 4.89. The van der Waals surface area contributed by atoms with Crippen LogP contribution in [0, 0.1) is 16.0 Å². The summed E-state index contributed by atoms with van der Waals surface area (Å²) in [4.78, 5) is 65.0. The molecular formula is C26H17ClN4O7S2. The highest BCUT2D eigenvalue weighted by Crippen LogP contribution is 2.54. The minimum Gasteiger partial charge on any atom is -0.469 e. The van der Waals surface area contributed by atoms with Gasteiger partial charge in [0.15, 0.2) is 0 Å². The average Bonchev–Trinajstić information content (AvgIpc) is 3.63. The average molecular weight is 597 g/mol. The third-order valence-corrected chi connectivity index (χ3v) is 9.50. The highest BCUT2D eigenvalue weighted by atomic mass is 35.5. The van der Waals surface area contributed by atoms with Crippen molar-refractivity contribution in [3.8, 4) is 0 Å². The number of halogens is 1. The Morgan fingerprint density at radius 1 is 1.05 bits per heavy atom. The molecule has 4 heterocycles. The number of fused-ring (bicyclic) bond motifs is 2. The Balaban J connectivity index is 1.36. The Bertz CT molecular complexity index is 1720. The van der Waals surface area contributed by atoms with E-state index in [0.29, 0.717) is 26.4 Å². The molecule has 2 aliphatic rings. The molecule has 0 radical (unpaired) electrons. The SMILES string of the molecule is O=C(Cn1c2c(sc1=O)C(c1ccco1)C1C(=O)N(c3ccc([N+](=O)[O-])cc3)C(=O)C1S2)Nc1ccc(Cl)cc1. The van der Waals surface area contributed by atoms with Crippen LogP contribution in [0.15, 0.2) is 81.2 Å². The molecule has 0 spiro atoms. The Morgan fingerprint density at radius 3 is 2.42 bits per heavy atom. The number of benzene rings is 2. The number of nitrogens with one attached hydrogen (secondary N) is 1. The van der Waals surface area contributed by atoms with Gasteiger partial charge >= 0.3 is 4.87 Å². The number of furan rings is 1. The van der Waals surface area contributed by atoms with E-state index in [1.165, 1.54) is 35.1 Å². The summed E-state index contributed by atoms with van der Waals surface area (Å²) in [6.45, 7) is -0.309. The van der Waals surface area contributed by atoms with Crippen molar-refractivity contribution >= 4 is 69.5 Å². The second kappa shape index (κ2) is 10.1. The number of carbonyl (C=O) groups is 3.